The molecule has 0 aromatic heterocycles. The van der Waals surface area contributed by atoms with E-state index in [1.807, 2.05) is 6.07 Å². The van der Waals surface area contributed by atoms with E-state index >= 15 is 0 Å². The molecule has 1 atom stereocenters. The van der Waals surface area contributed by atoms with Crippen molar-refractivity contribution in [2.75, 3.05) is 11.4 Å². The van der Waals surface area contributed by atoms with Crippen molar-refractivity contribution in [1.82, 2.24) is 0 Å². The molecule has 15 heavy (non-hydrogen) atoms. The van der Waals surface area contributed by atoms with E-state index in [0.717, 1.165) is 0 Å². The molecule has 0 aliphatic carbocycles. The van der Waals surface area contributed by atoms with Gasteiger partial charge in [-0.05, 0) is 18.2 Å². The highest BCUT2D eigenvalue weighted by Crippen LogP contribution is 2.23. The molecular weight excluding hydrogens is 216 g/mol. The number of cyclic esters (lactones) is 1. The van der Waals surface area contributed by atoms with Crippen LogP contribution < -0.4 is 4.90 Å². The van der Waals surface area contributed by atoms with Crippen molar-refractivity contribution < 1.29 is 9.53 Å². The molecule has 0 radical (unpaired) electrons. The van der Waals surface area contributed by atoms with Crippen molar-refractivity contribution in [2.24, 2.45) is 0 Å². The Kier molecular flexibility index (Phi) is 2.48. The first kappa shape index (κ1) is 9.81. The van der Waals surface area contributed by atoms with Gasteiger partial charge in [0.1, 0.15) is 6.07 Å². The minimum absolute atomic E-state index is 0.246. The van der Waals surface area contributed by atoms with Crippen molar-refractivity contribution in [3.63, 3.8) is 0 Å². The zero-order chi connectivity index (χ0) is 10.8. The average Bonchev–Trinajstić information content (AvgIpc) is 2.60. The number of carbonyl (C=O) groups is 1. The van der Waals surface area contributed by atoms with E-state index in [1.165, 1.54) is 4.90 Å². The van der Waals surface area contributed by atoms with Crippen molar-refractivity contribution in [1.29, 1.82) is 5.26 Å². The van der Waals surface area contributed by atoms with Crippen LogP contribution in [0.3, 0.4) is 0 Å². The van der Waals surface area contributed by atoms with E-state index in [1.54, 1.807) is 24.3 Å². The van der Waals surface area contributed by atoms with Crippen LogP contribution in [0.4, 0.5) is 10.5 Å². The number of hydrogen-bond donors (Lipinski definition) is 0. The Morgan fingerprint density at radius 3 is 3.00 bits per heavy atom. The minimum atomic E-state index is -0.698. The first-order valence-corrected chi connectivity index (χ1v) is 4.72. The fourth-order valence-corrected chi connectivity index (χ4v) is 1.57. The van der Waals surface area contributed by atoms with Gasteiger partial charge in [-0.3, -0.25) is 4.90 Å². The van der Waals surface area contributed by atoms with E-state index in [4.69, 9.17) is 21.6 Å². The second-order valence-corrected chi connectivity index (χ2v) is 3.53. The summed E-state index contributed by atoms with van der Waals surface area (Å²) in [6, 6.07) is 8.75. The van der Waals surface area contributed by atoms with Gasteiger partial charge in [0.2, 0.25) is 6.10 Å². The molecule has 1 aromatic rings. The molecule has 1 heterocycles. The third-order valence-electron chi connectivity index (χ3n) is 2.08. The summed E-state index contributed by atoms with van der Waals surface area (Å²) in [6.45, 7) is 0.246. The van der Waals surface area contributed by atoms with Gasteiger partial charge in [-0.15, -0.1) is 0 Å². The Morgan fingerprint density at radius 2 is 2.40 bits per heavy atom. The van der Waals surface area contributed by atoms with Crippen LogP contribution in [0, 0.1) is 11.3 Å². The molecule has 0 spiro atoms. The molecule has 1 saturated heterocycles. The smallest absolute Gasteiger partial charge is 0.415 e. The van der Waals surface area contributed by atoms with Crippen LogP contribution in [0.1, 0.15) is 0 Å². The average molecular weight is 223 g/mol. The molecule has 76 valence electrons. The number of rotatable bonds is 1. The molecule has 1 aromatic carbocycles. The highest BCUT2D eigenvalue weighted by atomic mass is 35.5. The van der Waals surface area contributed by atoms with Gasteiger partial charge >= 0.3 is 6.09 Å². The van der Waals surface area contributed by atoms with Gasteiger partial charge in [-0.1, -0.05) is 17.7 Å². The van der Waals surface area contributed by atoms with Crippen LogP contribution in [0.25, 0.3) is 0 Å². The lowest BCUT2D eigenvalue weighted by atomic mass is 10.3. The van der Waals surface area contributed by atoms with Crippen LogP contribution in [-0.2, 0) is 4.74 Å². The van der Waals surface area contributed by atoms with Crippen LogP contribution >= 0.6 is 11.6 Å². The van der Waals surface area contributed by atoms with Gasteiger partial charge < -0.3 is 4.74 Å². The number of anilines is 1. The van der Waals surface area contributed by atoms with Gasteiger partial charge in [-0.25, -0.2) is 4.79 Å². The maximum Gasteiger partial charge on any atom is 0.415 e. The number of nitrogens with zero attached hydrogens (tertiary/aromatic N) is 2. The van der Waals surface area contributed by atoms with Crippen LogP contribution in [0.15, 0.2) is 24.3 Å². The lowest BCUT2D eigenvalue weighted by Gasteiger charge is -2.12. The molecule has 1 unspecified atom stereocenters. The molecule has 0 N–H and O–H groups in total. The van der Waals surface area contributed by atoms with Crippen molar-refractivity contribution in [3.05, 3.63) is 29.3 Å². The second-order valence-electron chi connectivity index (χ2n) is 3.09. The maximum absolute atomic E-state index is 11.4. The Bertz CT molecular complexity index is 441. The lowest BCUT2D eigenvalue weighted by molar-refractivity contribution is 0.162. The first-order chi connectivity index (χ1) is 7.20. The molecule has 2 rings (SSSR count). The SMILES string of the molecule is N#CC1CN(c2cccc(Cl)c2)C(=O)O1. The number of halogens is 1. The van der Waals surface area contributed by atoms with Crippen molar-refractivity contribution >= 4 is 23.4 Å². The zero-order valence-electron chi connectivity index (χ0n) is 7.68. The highest BCUT2D eigenvalue weighted by Gasteiger charge is 2.32. The molecule has 5 heteroatoms. The first-order valence-electron chi connectivity index (χ1n) is 4.34. The monoisotopic (exact) mass is 222 g/mol. The summed E-state index contributed by atoms with van der Waals surface area (Å²) in [5.41, 5.74) is 0.644. The Morgan fingerprint density at radius 1 is 1.60 bits per heavy atom. The number of nitriles is 1. The molecule has 1 fully saturated rings. The molecular formula is C10H7ClN2O2. The Hall–Kier alpha value is -1.73. The topological polar surface area (TPSA) is 53.3 Å². The number of carbonyl (C=O) groups excluding carboxylic acids is 1. The summed E-state index contributed by atoms with van der Waals surface area (Å²) in [5.74, 6) is 0. The zero-order valence-corrected chi connectivity index (χ0v) is 8.44. The summed E-state index contributed by atoms with van der Waals surface area (Å²) in [4.78, 5) is 12.8. The highest BCUT2D eigenvalue weighted by molar-refractivity contribution is 6.30. The van der Waals surface area contributed by atoms with E-state index in [0.29, 0.717) is 10.7 Å². The molecule has 1 amide bonds. The van der Waals surface area contributed by atoms with Crippen LogP contribution in [0.5, 0.6) is 0 Å². The third-order valence-corrected chi connectivity index (χ3v) is 2.31. The van der Waals surface area contributed by atoms with Gasteiger partial charge in [0, 0.05) is 10.7 Å². The summed E-state index contributed by atoms with van der Waals surface area (Å²) in [6.07, 6.45) is -1.21. The van der Waals surface area contributed by atoms with Gasteiger partial charge in [0.05, 0.1) is 6.54 Å². The summed E-state index contributed by atoms with van der Waals surface area (Å²) in [7, 11) is 0. The van der Waals surface area contributed by atoms with E-state index in [9.17, 15) is 4.79 Å². The number of amides is 1. The number of ether oxygens (including phenoxy) is 1. The van der Waals surface area contributed by atoms with Crippen molar-refractivity contribution in [2.45, 2.75) is 6.10 Å². The standard InChI is InChI=1S/C10H7ClN2O2/c11-7-2-1-3-8(4-7)13-6-9(5-12)15-10(13)14/h1-4,9H,6H2. The lowest BCUT2D eigenvalue weighted by Crippen LogP contribution is -2.24. The minimum Gasteiger partial charge on any atom is -0.428 e. The molecule has 1 aliphatic heterocycles. The Labute approximate surface area is 91.6 Å². The van der Waals surface area contributed by atoms with E-state index in [2.05, 4.69) is 0 Å². The normalized spacial score (nSPS) is 19.9. The fourth-order valence-electron chi connectivity index (χ4n) is 1.38. The van der Waals surface area contributed by atoms with Crippen LogP contribution in [-0.4, -0.2) is 18.7 Å². The van der Waals surface area contributed by atoms with Gasteiger partial charge in [0.25, 0.3) is 0 Å². The third kappa shape index (κ3) is 1.88. The fraction of sp³-hybridized carbons (Fsp3) is 0.200. The number of hydrogen-bond acceptors (Lipinski definition) is 3. The quantitative estimate of drug-likeness (QED) is 0.732. The molecule has 0 bridgehead atoms. The largest absolute Gasteiger partial charge is 0.428 e. The molecule has 4 nitrogen and oxygen atoms in total. The summed E-state index contributed by atoms with van der Waals surface area (Å²) < 4.78 is 4.80. The van der Waals surface area contributed by atoms with Gasteiger partial charge in [-0.2, -0.15) is 5.26 Å². The predicted molar refractivity (Wildman–Crippen MR) is 54.7 cm³/mol. The summed E-state index contributed by atoms with van der Waals surface area (Å²) in [5, 5.41) is 9.17. The molecule has 1 aliphatic rings. The maximum atomic E-state index is 11.4. The van der Waals surface area contributed by atoms with E-state index < -0.39 is 12.2 Å². The van der Waals surface area contributed by atoms with Gasteiger partial charge in [0.15, 0.2) is 0 Å². The Balaban J connectivity index is 2.26. The second kappa shape index (κ2) is 3.79. The molecule has 0 saturated carbocycles. The van der Waals surface area contributed by atoms with E-state index in [-0.39, 0.29) is 6.54 Å². The summed E-state index contributed by atoms with van der Waals surface area (Å²) >= 11 is 5.80. The van der Waals surface area contributed by atoms with Crippen molar-refractivity contribution in [3.8, 4) is 6.07 Å². The van der Waals surface area contributed by atoms with Crippen LogP contribution in [0.2, 0.25) is 5.02 Å². The predicted octanol–water partition coefficient (Wildman–Crippen LogP) is 2.19. The number of benzene rings is 1.